The van der Waals surface area contributed by atoms with Crippen molar-refractivity contribution in [2.75, 3.05) is 13.1 Å². The molecule has 2 aromatic rings. The third-order valence-corrected chi connectivity index (χ3v) is 4.76. The Hall–Kier alpha value is -2.67. The smallest absolute Gasteiger partial charge is 0.253 e. The van der Waals surface area contributed by atoms with Crippen LogP contribution < -0.4 is 11.1 Å². The number of nitrogens with two attached hydrogens (primary N) is 1. The fraction of sp³-hybridized carbons (Fsp3) is 0.421. The molecule has 2 amide bonds. The molecule has 1 aliphatic heterocycles. The molecule has 26 heavy (non-hydrogen) atoms. The molecule has 1 aliphatic rings. The Labute approximate surface area is 153 Å². The number of nitrogens with one attached hydrogen (secondary N) is 2. The molecular weight excluding hydrogens is 330 g/mol. The maximum absolute atomic E-state index is 12.5. The fourth-order valence-corrected chi connectivity index (χ4v) is 3.14. The second-order valence-corrected chi connectivity index (χ2v) is 6.83. The van der Waals surface area contributed by atoms with E-state index in [1.165, 1.54) is 0 Å². The average Bonchev–Trinajstić information content (AvgIpc) is 3.15. The van der Waals surface area contributed by atoms with Gasteiger partial charge in [0, 0.05) is 43.0 Å². The molecule has 0 bridgehead atoms. The summed E-state index contributed by atoms with van der Waals surface area (Å²) in [6.07, 6.45) is 5.14. The van der Waals surface area contributed by atoms with Gasteiger partial charge in [-0.15, -0.1) is 0 Å². The summed E-state index contributed by atoms with van der Waals surface area (Å²) in [6, 6.07) is 7.06. The van der Waals surface area contributed by atoms with E-state index in [9.17, 15) is 9.59 Å². The van der Waals surface area contributed by atoms with Gasteiger partial charge in [0.25, 0.3) is 5.91 Å². The van der Waals surface area contributed by atoms with Crippen LogP contribution in [0.1, 0.15) is 34.5 Å². The zero-order valence-electron chi connectivity index (χ0n) is 14.9. The molecular formula is C19H25N5O2. The van der Waals surface area contributed by atoms with Crippen LogP contribution in [0.15, 0.2) is 36.8 Å². The van der Waals surface area contributed by atoms with Crippen LogP contribution in [0.2, 0.25) is 0 Å². The van der Waals surface area contributed by atoms with Crippen LogP contribution in [-0.4, -0.2) is 51.9 Å². The summed E-state index contributed by atoms with van der Waals surface area (Å²) in [7, 11) is 0. The van der Waals surface area contributed by atoms with Crippen LogP contribution in [0.4, 0.5) is 0 Å². The van der Waals surface area contributed by atoms with Crippen molar-refractivity contribution in [3.63, 3.8) is 0 Å². The molecule has 0 spiro atoms. The van der Waals surface area contributed by atoms with Crippen LogP contribution in [-0.2, 0) is 11.2 Å². The standard InChI is InChI=1S/C19H25N5O2/c1-13-2-4-14(5-3-13)19(26)24-8-6-15(7-9-24)23-18(25)17(20)10-16-11-21-12-22-16/h2-5,11-12,15,17H,6-10,20H2,1H3,(H,21,22)(H,23,25). The van der Waals surface area contributed by atoms with Gasteiger partial charge in [0.1, 0.15) is 0 Å². The minimum atomic E-state index is -0.609. The molecule has 1 aromatic heterocycles. The number of aryl methyl sites for hydroxylation is 1. The van der Waals surface area contributed by atoms with E-state index in [1.54, 1.807) is 12.5 Å². The number of benzene rings is 1. The number of carbonyl (C=O) groups excluding carboxylic acids is 2. The number of imidazole rings is 1. The lowest BCUT2D eigenvalue weighted by atomic mass is 10.0. The highest BCUT2D eigenvalue weighted by Crippen LogP contribution is 2.15. The summed E-state index contributed by atoms with van der Waals surface area (Å²) >= 11 is 0. The second kappa shape index (κ2) is 8.14. The molecule has 2 heterocycles. The highest BCUT2D eigenvalue weighted by Gasteiger charge is 2.26. The summed E-state index contributed by atoms with van der Waals surface area (Å²) in [5.74, 6) is -0.117. The van der Waals surface area contributed by atoms with Gasteiger partial charge in [-0.3, -0.25) is 9.59 Å². The van der Waals surface area contributed by atoms with Gasteiger partial charge in [0.2, 0.25) is 5.91 Å². The van der Waals surface area contributed by atoms with Crippen molar-refractivity contribution >= 4 is 11.8 Å². The van der Waals surface area contributed by atoms with Gasteiger partial charge >= 0.3 is 0 Å². The Morgan fingerprint density at radius 1 is 1.31 bits per heavy atom. The number of rotatable bonds is 5. The van der Waals surface area contributed by atoms with Crippen molar-refractivity contribution < 1.29 is 9.59 Å². The predicted octanol–water partition coefficient (Wildman–Crippen LogP) is 1.01. The molecule has 0 radical (unpaired) electrons. The van der Waals surface area contributed by atoms with Crippen molar-refractivity contribution in [2.45, 2.75) is 38.3 Å². The quantitative estimate of drug-likeness (QED) is 0.744. The lowest BCUT2D eigenvalue weighted by Gasteiger charge is -2.33. The molecule has 0 aliphatic carbocycles. The predicted molar refractivity (Wildman–Crippen MR) is 98.5 cm³/mol. The Morgan fingerprint density at radius 3 is 2.62 bits per heavy atom. The zero-order chi connectivity index (χ0) is 18.5. The summed E-state index contributed by atoms with van der Waals surface area (Å²) in [4.78, 5) is 33.5. The van der Waals surface area contributed by atoms with Gasteiger partial charge < -0.3 is 20.9 Å². The highest BCUT2D eigenvalue weighted by atomic mass is 16.2. The molecule has 1 aromatic carbocycles. The molecule has 7 nitrogen and oxygen atoms in total. The number of aromatic nitrogens is 2. The number of H-pyrrole nitrogens is 1. The number of likely N-dealkylation sites (tertiary alicyclic amines) is 1. The van der Waals surface area contributed by atoms with E-state index in [4.69, 9.17) is 5.73 Å². The molecule has 7 heteroatoms. The Balaban J connectivity index is 1.46. The van der Waals surface area contributed by atoms with E-state index in [1.807, 2.05) is 36.1 Å². The number of aromatic amines is 1. The van der Waals surface area contributed by atoms with Gasteiger partial charge in [0.05, 0.1) is 12.4 Å². The van der Waals surface area contributed by atoms with Crippen molar-refractivity contribution in [1.29, 1.82) is 0 Å². The van der Waals surface area contributed by atoms with Crippen molar-refractivity contribution in [3.8, 4) is 0 Å². The number of carbonyl (C=O) groups is 2. The molecule has 1 saturated heterocycles. The number of amides is 2. The van der Waals surface area contributed by atoms with Crippen molar-refractivity contribution in [2.24, 2.45) is 5.73 Å². The monoisotopic (exact) mass is 355 g/mol. The van der Waals surface area contributed by atoms with E-state index in [2.05, 4.69) is 15.3 Å². The number of hydrogen-bond acceptors (Lipinski definition) is 4. The van der Waals surface area contributed by atoms with Gasteiger partial charge in [0.15, 0.2) is 0 Å². The Kier molecular flexibility index (Phi) is 5.68. The third-order valence-electron chi connectivity index (χ3n) is 4.76. The minimum Gasteiger partial charge on any atom is -0.352 e. The van der Waals surface area contributed by atoms with Crippen LogP contribution in [0.5, 0.6) is 0 Å². The lowest BCUT2D eigenvalue weighted by molar-refractivity contribution is -0.123. The van der Waals surface area contributed by atoms with Crippen LogP contribution in [0.3, 0.4) is 0 Å². The van der Waals surface area contributed by atoms with Crippen LogP contribution in [0, 0.1) is 6.92 Å². The third kappa shape index (κ3) is 4.49. The first-order chi connectivity index (χ1) is 12.5. The molecule has 1 atom stereocenters. The summed E-state index contributed by atoms with van der Waals surface area (Å²) in [6.45, 7) is 3.26. The SMILES string of the molecule is Cc1ccc(C(=O)N2CCC(NC(=O)C(N)Cc3cnc[nH]3)CC2)cc1. The maximum Gasteiger partial charge on any atom is 0.253 e. The Morgan fingerprint density at radius 2 is 2.00 bits per heavy atom. The first-order valence-electron chi connectivity index (χ1n) is 8.92. The van der Waals surface area contributed by atoms with Crippen molar-refractivity contribution in [1.82, 2.24) is 20.2 Å². The summed E-state index contributed by atoms with van der Waals surface area (Å²) in [5.41, 5.74) is 8.65. The van der Waals surface area contributed by atoms with Crippen LogP contribution in [0.25, 0.3) is 0 Å². The van der Waals surface area contributed by atoms with E-state index < -0.39 is 6.04 Å². The van der Waals surface area contributed by atoms with E-state index in [0.29, 0.717) is 25.1 Å². The maximum atomic E-state index is 12.5. The molecule has 138 valence electrons. The van der Waals surface area contributed by atoms with E-state index in [0.717, 1.165) is 24.1 Å². The van der Waals surface area contributed by atoms with Gasteiger partial charge in [-0.2, -0.15) is 0 Å². The van der Waals surface area contributed by atoms with Gasteiger partial charge in [-0.05, 0) is 31.9 Å². The Bertz CT molecular complexity index is 734. The number of nitrogens with zero attached hydrogens (tertiary/aromatic N) is 2. The normalized spacial score (nSPS) is 16.3. The zero-order valence-corrected chi connectivity index (χ0v) is 14.9. The first-order valence-corrected chi connectivity index (χ1v) is 8.92. The number of hydrogen-bond donors (Lipinski definition) is 3. The first kappa shape index (κ1) is 18.1. The average molecular weight is 355 g/mol. The molecule has 3 rings (SSSR count). The lowest BCUT2D eigenvalue weighted by Crippen LogP contribution is -2.51. The highest BCUT2D eigenvalue weighted by molar-refractivity contribution is 5.94. The fourth-order valence-electron chi connectivity index (χ4n) is 3.14. The summed E-state index contributed by atoms with van der Waals surface area (Å²) in [5, 5.41) is 3.00. The molecule has 1 fully saturated rings. The van der Waals surface area contributed by atoms with Gasteiger partial charge in [-0.25, -0.2) is 4.98 Å². The van der Waals surface area contributed by atoms with Crippen LogP contribution >= 0.6 is 0 Å². The van der Waals surface area contributed by atoms with Gasteiger partial charge in [-0.1, -0.05) is 17.7 Å². The molecule has 1 unspecified atom stereocenters. The molecule has 4 N–H and O–H groups in total. The number of piperidine rings is 1. The van der Waals surface area contributed by atoms with E-state index >= 15 is 0 Å². The van der Waals surface area contributed by atoms with E-state index in [-0.39, 0.29) is 17.9 Å². The summed E-state index contributed by atoms with van der Waals surface area (Å²) < 4.78 is 0. The topological polar surface area (TPSA) is 104 Å². The molecule has 0 saturated carbocycles. The minimum absolute atomic E-state index is 0.0470. The largest absolute Gasteiger partial charge is 0.352 e. The second-order valence-electron chi connectivity index (χ2n) is 6.83. The van der Waals surface area contributed by atoms with Crippen molar-refractivity contribution in [3.05, 3.63) is 53.6 Å².